The summed E-state index contributed by atoms with van der Waals surface area (Å²) in [6.45, 7) is 7.68. The first-order valence-corrected chi connectivity index (χ1v) is 10.3. The van der Waals surface area contributed by atoms with Crippen molar-refractivity contribution in [1.29, 1.82) is 0 Å². The molecular weight excluding hydrogens is 384 g/mol. The van der Waals surface area contributed by atoms with Crippen LogP contribution in [0.1, 0.15) is 29.4 Å². The number of aromatic nitrogens is 2. The molecule has 1 N–H and O–H groups in total. The van der Waals surface area contributed by atoms with E-state index < -0.39 is 4.92 Å². The zero-order valence-electron chi connectivity index (χ0n) is 17.9. The van der Waals surface area contributed by atoms with Crippen molar-refractivity contribution in [2.24, 2.45) is 0 Å². The Balaban J connectivity index is 1.49. The van der Waals surface area contributed by atoms with E-state index in [4.69, 9.17) is 0 Å². The molecule has 162 valence electrons. The van der Waals surface area contributed by atoms with Gasteiger partial charge in [-0.3, -0.25) is 24.5 Å². The summed E-state index contributed by atoms with van der Waals surface area (Å²) in [5.74, 6) is -0.187. The summed E-state index contributed by atoms with van der Waals surface area (Å²) in [4.78, 5) is 27.7. The summed E-state index contributed by atoms with van der Waals surface area (Å²) in [6.07, 6.45) is 0.843. The van der Waals surface area contributed by atoms with Crippen LogP contribution in [0.25, 0.3) is 0 Å². The van der Waals surface area contributed by atoms with Gasteiger partial charge in [-0.15, -0.1) is 0 Å². The van der Waals surface area contributed by atoms with Gasteiger partial charge in [0.1, 0.15) is 17.9 Å². The Bertz CT molecular complexity index is 882. The number of aryl methyl sites for hydroxylation is 1. The summed E-state index contributed by atoms with van der Waals surface area (Å²) in [5.41, 5.74) is 2.02. The van der Waals surface area contributed by atoms with Gasteiger partial charge in [-0.05, 0) is 32.9 Å². The van der Waals surface area contributed by atoms with E-state index in [1.165, 1.54) is 10.2 Å². The summed E-state index contributed by atoms with van der Waals surface area (Å²) in [5, 5.41) is 18.1. The Morgan fingerprint density at radius 3 is 2.67 bits per heavy atom. The van der Waals surface area contributed by atoms with E-state index >= 15 is 0 Å². The molecule has 1 fully saturated rings. The van der Waals surface area contributed by atoms with E-state index in [1.807, 2.05) is 6.07 Å². The molecule has 30 heavy (non-hydrogen) atoms. The highest BCUT2D eigenvalue weighted by Gasteiger charge is 2.26. The Hall–Kier alpha value is -2.78. The molecule has 3 rings (SSSR count). The van der Waals surface area contributed by atoms with Gasteiger partial charge in [0.25, 0.3) is 0 Å². The number of rotatable bonds is 8. The normalized spacial score (nSPS) is 17.8. The van der Waals surface area contributed by atoms with Crippen LogP contribution < -0.4 is 5.32 Å². The molecule has 1 saturated heterocycles. The van der Waals surface area contributed by atoms with Crippen LogP contribution >= 0.6 is 0 Å². The molecule has 9 nitrogen and oxygen atoms in total. The van der Waals surface area contributed by atoms with Crippen LogP contribution in [-0.4, -0.2) is 70.2 Å². The third kappa shape index (κ3) is 5.22. The number of nitro groups is 1. The highest BCUT2D eigenvalue weighted by atomic mass is 16.6. The van der Waals surface area contributed by atoms with Gasteiger partial charge in [-0.2, -0.15) is 5.10 Å². The topological polar surface area (TPSA) is 96.5 Å². The highest BCUT2D eigenvalue weighted by Crippen LogP contribution is 2.25. The standard InChI is InChI=1S/C21H30N6O3/c1-16-21(27(29)30)17(2)26(23-16)15-20(28)22-10-7-11-25-13-12-24(3)14-19(25)18-8-5-4-6-9-18/h4-6,8-9,19H,7,10-15H2,1-3H3,(H,22,28). The minimum Gasteiger partial charge on any atom is -0.354 e. The van der Waals surface area contributed by atoms with Gasteiger partial charge < -0.3 is 10.2 Å². The van der Waals surface area contributed by atoms with Crippen LogP contribution in [0.3, 0.4) is 0 Å². The molecule has 1 aliphatic heterocycles. The maximum absolute atomic E-state index is 12.3. The van der Waals surface area contributed by atoms with Crippen molar-refractivity contribution in [1.82, 2.24) is 24.9 Å². The van der Waals surface area contributed by atoms with Crippen molar-refractivity contribution in [3.05, 3.63) is 57.4 Å². The fraction of sp³-hybridized carbons (Fsp3) is 0.524. The van der Waals surface area contributed by atoms with Crippen LogP contribution in [0.5, 0.6) is 0 Å². The first-order valence-electron chi connectivity index (χ1n) is 10.3. The highest BCUT2D eigenvalue weighted by molar-refractivity contribution is 5.75. The lowest BCUT2D eigenvalue weighted by Crippen LogP contribution is -2.47. The number of carbonyl (C=O) groups is 1. The van der Waals surface area contributed by atoms with Gasteiger partial charge in [0.05, 0.1) is 4.92 Å². The van der Waals surface area contributed by atoms with Crippen molar-refractivity contribution >= 4 is 11.6 Å². The van der Waals surface area contributed by atoms with E-state index in [1.54, 1.807) is 13.8 Å². The average molecular weight is 415 g/mol. The van der Waals surface area contributed by atoms with Crippen molar-refractivity contribution in [3.63, 3.8) is 0 Å². The van der Waals surface area contributed by atoms with Crippen molar-refractivity contribution < 1.29 is 9.72 Å². The van der Waals surface area contributed by atoms with Gasteiger partial charge in [-0.1, -0.05) is 30.3 Å². The lowest BCUT2D eigenvalue weighted by Gasteiger charge is -2.40. The molecule has 1 atom stereocenters. The summed E-state index contributed by atoms with van der Waals surface area (Å²) < 4.78 is 1.40. The van der Waals surface area contributed by atoms with Crippen LogP contribution in [0.4, 0.5) is 5.69 Å². The number of benzene rings is 1. The maximum Gasteiger partial charge on any atom is 0.312 e. The van der Waals surface area contributed by atoms with E-state index in [0.29, 0.717) is 24.0 Å². The van der Waals surface area contributed by atoms with Crippen molar-refractivity contribution in [2.75, 3.05) is 39.8 Å². The van der Waals surface area contributed by atoms with Gasteiger partial charge in [0.2, 0.25) is 5.91 Å². The average Bonchev–Trinajstić information content (AvgIpc) is 2.99. The van der Waals surface area contributed by atoms with Crippen molar-refractivity contribution in [2.45, 2.75) is 32.9 Å². The quantitative estimate of drug-likeness (QED) is 0.403. The molecule has 0 saturated carbocycles. The maximum atomic E-state index is 12.3. The zero-order valence-corrected chi connectivity index (χ0v) is 17.9. The molecule has 0 bridgehead atoms. The third-order valence-corrected chi connectivity index (χ3v) is 5.64. The minimum atomic E-state index is -0.453. The second-order valence-electron chi connectivity index (χ2n) is 7.86. The molecule has 1 aromatic heterocycles. The van der Waals surface area contributed by atoms with Gasteiger partial charge in [-0.25, -0.2) is 0 Å². The second kappa shape index (κ2) is 9.82. The monoisotopic (exact) mass is 414 g/mol. The molecule has 1 aromatic carbocycles. The first-order chi connectivity index (χ1) is 14.4. The number of nitrogens with one attached hydrogen (secondary N) is 1. The largest absolute Gasteiger partial charge is 0.354 e. The molecule has 1 unspecified atom stereocenters. The van der Waals surface area contributed by atoms with E-state index in [-0.39, 0.29) is 18.1 Å². The lowest BCUT2D eigenvalue weighted by molar-refractivity contribution is -0.386. The Labute approximate surface area is 176 Å². The van der Waals surface area contributed by atoms with E-state index in [9.17, 15) is 14.9 Å². The summed E-state index contributed by atoms with van der Waals surface area (Å²) in [7, 11) is 2.15. The summed E-state index contributed by atoms with van der Waals surface area (Å²) in [6, 6.07) is 10.9. The number of carbonyl (C=O) groups excluding carboxylic acids is 1. The van der Waals surface area contributed by atoms with Crippen LogP contribution in [0.2, 0.25) is 0 Å². The predicted octanol–water partition coefficient (Wildman–Crippen LogP) is 1.90. The molecule has 1 aliphatic rings. The molecule has 0 aliphatic carbocycles. The molecule has 2 aromatic rings. The lowest BCUT2D eigenvalue weighted by atomic mass is 10.0. The second-order valence-corrected chi connectivity index (χ2v) is 7.86. The molecule has 0 spiro atoms. The van der Waals surface area contributed by atoms with Crippen LogP contribution in [0, 0.1) is 24.0 Å². The zero-order chi connectivity index (χ0) is 21.7. The SMILES string of the molecule is Cc1nn(CC(=O)NCCCN2CCN(C)CC2c2ccccc2)c(C)c1[N+](=O)[O-]. The minimum absolute atomic E-state index is 0.0122. The van der Waals surface area contributed by atoms with E-state index in [2.05, 4.69) is 51.5 Å². The Morgan fingerprint density at radius 2 is 2.00 bits per heavy atom. The van der Waals surface area contributed by atoms with Gasteiger partial charge in [0.15, 0.2) is 0 Å². The molecule has 1 amide bonds. The van der Waals surface area contributed by atoms with Crippen LogP contribution in [-0.2, 0) is 11.3 Å². The van der Waals surface area contributed by atoms with Gasteiger partial charge in [0, 0.05) is 38.8 Å². The fourth-order valence-corrected chi connectivity index (χ4v) is 4.02. The molecule has 0 radical (unpaired) electrons. The van der Waals surface area contributed by atoms with E-state index in [0.717, 1.165) is 32.6 Å². The Morgan fingerprint density at radius 1 is 1.27 bits per heavy atom. The molecule has 9 heteroatoms. The third-order valence-electron chi connectivity index (χ3n) is 5.64. The number of nitrogens with zero attached hydrogens (tertiary/aromatic N) is 5. The number of hydrogen-bond donors (Lipinski definition) is 1. The number of piperazine rings is 1. The predicted molar refractivity (Wildman–Crippen MR) is 114 cm³/mol. The van der Waals surface area contributed by atoms with Crippen LogP contribution in [0.15, 0.2) is 30.3 Å². The van der Waals surface area contributed by atoms with Crippen molar-refractivity contribution in [3.8, 4) is 0 Å². The van der Waals surface area contributed by atoms with Gasteiger partial charge >= 0.3 is 5.69 Å². The number of likely N-dealkylation sites (N-methyl/N-ethyl adjacent to an activating group) is 1. The summed E-state index contributed by atoms with van der Waals surface area (Å²) >= 11 is 0. The Kier molecular flexibility index (Phi) is 7.17. The number of amides is 1. The first kappa shape index (κ1) is 21.9. The number of hydrogen-bond acceptors (Lipinski definition) is 6. The smallest absolute Gasteiger partial charge is 0.312 e. The molecular formula is C21H30N6O3. The molecule has 2 heterocycles. The fourth-order valence-electron chi connectivity index (χ4n) is 4.02.